The third-order valence-electron chi connectivity index (χ3n) is 9.51. The van der Waals surface area contributed by atoms with E-state index in [0.717, 1.165) is 32.1 Å². The maximum absolute atomic E-state index is 12.6. The minimum Gasteiger partial charge on any atom is -0.480 e. The molecule has 0 aliphatic rings. The van der Waals surface area contributed by atoms with Gasteiger partial charge in [-0.05, 0) is 12.8 Å². The quantitative estimate of drug-likeness (QED) is 0.0149. The molecule has 0 spiro atoms. The van der Waals surface area contributed by atoms with E-state index in [2.05, 4.69) is 22.9 Å². The molecule has 5 unspecified atom stereocenters. The van der Waals surface area contributed by atoms with Gasteiger partial charge < -0.3 is 44.8 Å². The molecule has 18 nitrogen and oxygen atoms in total. The molecule has 0 bridgehead atoms. The highest BCUT2D eigenvalue weighted by atomic mass is 31.2. The minimum absolute atomic E-state index is 0.0362. The Kier molecular flexibility index (Phi) is 40.2. The zero-order valence-electron chi connectivity index (χ0n) is 38.8. The maximum Gasteiger partial charge on any atom is 0.472 e. The van der Waals surface area contributed by atoms with Crippen LogP contribution in [0.15, 0.2) is 0 Å². The second kappa shape index (κ2) is 39.8. The number of carbonyl (C=O) groups is 3. The summed E-state index contributed by atoms with van der Waals surface area (Å²) in [6.07, 6.45) is 24.4. The predicted octanol–water partition coefficient (Wildman–Crippen LogP) is 7.57. The summed E-state index contributed by atoms with van der Waals surface area (Å²) in [4.78, 5) is 54.3. The Morgan fingerprint density at radius 1 is 0.581 bits per heavy atom. The number of esters is 2. The van der Waals surface area contributed by atoms with Crippen LogP contribution in [0.1, 0.15) is 168 Å². The second-order valence-electron chi connectivity index (χ2n) is 16.8. The Hall–Kier alpha value is -1.53. The number of likely N-dealkylation sites (N-methyl/N-ethyl adjacent to an activating group) is 1. The van der Waals surface area contributed by atoms with Crippen molar-refractivity contribution in [1.82, 2.24) is 0 Å². The number of aliphatic hydroxyl groups excluding tert-OH is 2. The van der Waals surface area contributed by atoms with Crippen LogP contribution in [-0.2, 0) is 51.1 Å². The van der Waals surface area contributed by atoms with Crippen molar-refractivity contribution in [1.29, 1.82) is 0 Å². The summed E-state index contributed by atoms with van der Waals surface area (Å²) in [5.74, 6) is -2.19. The zero-order valence-corrected chi connectivity index (χ0v) is 40.6. The number of nitrogens with zero attached hydrogens (tertiary/aromatic N) is 1. The number of carbonyl (C=O) groups excluding carboxylic acids is 2. The lowest BCUT2D eigenvalue weighted by Gasteiger charge is -2.24. The van der Waals surface area contributed by atoms with E-state index in [9.17, 15) is 28.4 Å². The van der Waals surface area contributed by atoms with Crippen molar-refractivity contribution in [2.45, 2.75) is 186 Å². The molecule has 0 radical (unpaired) electrons. The van der Waals surface area contributed by atoms with Crippen LogP contribution in [0.25, 0.3) is 0 Å². The summed E-state index contributed by atoms with van der Waals surface area (Å²) in [5.41, 5.74) is 5.00. The van der Waals surface area contributed by atoms with Gasteiger partial charge in [0.1, 0.15) is 31.9 Å². The number of phosphoric ester groups is 2. The van der Waals surface area contributed by atoms with Crippen LogP contribution < -0.4 is 5.73 Å². The van der Waals surface area contributed by atoms with Crippen molar-refractivity contribution in [3.05, 3.63) is 0 Å². The molecular weight excluding hydrogens is 850 g/mol. The fraction of sp³-hybridized carbons (Fsp3) is 0.929. The molecule has 0 rings (SSSR count). The highest BCUT2D eigenvalue weighted by molar-refractivity contribution is 7.47. The first-order valence-electron chi connectivity index (χ1n) is 22.9. The number of hydrogen-bond acceptors (Lipinski definition) is 14. The number of aliphatic hydroxyl groups is 2. The van der Waals surface area contributed by atoms with E-state index in [0.29, 0.717) is 23.9 Å². The summed E-state index contributed by atoms with van der Waals surface area (Å²) in [6.45, 7) is 2.43. The summed E-state index contributed by atoms with van der Waals surface area (Å²) in [6, 6.07) is -1.45. The maximum atomic E-state index is 12.6. The molecule has 0 fully saturated rings. The number of phosphoric acid groups is 2. The summed E-state index contributed by atoms with van der Waals surface area (Å²) >= 11 is 0. The molecule has 20 heteroatoms. The van der Waals surface area contributed by atoms with Gasteiger partial charge in [0.05, 0.1) is 47.6 Å². The molecule has 0 heterocycles. The summed E-state index contributed by atoms with van der Waals surface area (Å²) in [5, 5.41) is 25.5. The Morgan fingerprint density at radius 3 is 1.39 bits per heavy atom. The number of quaternary nitrogens is 1. The number of unbranched alkanes of at least 4 members (excludes halogenated alkanes) is 20. The highest BCUT2D eigenvalue weighted by Gasteiger charge is 2.28. The predicted molar refractivity (Wildman–Crippen MR) is 238 cm³/mol. The van der Waals surface area contributed by atoms with Gasteiger partial charge >= 0.3 is 33.6 Å². The zero-order chi connectivity index (χ0) is 47.1. The minimum atomic E-state index is -4.47. The third kappa shape index (κ3) is 45.1. The van der Waals surface area contributed by atoms with Crippen molar-refractivity contribution in [3.8, 4) is 0 Å². The van der Waals surface area contributed by atoms with E-state index >= 15 is 0 Å². The number of ether oxygens (including phenoxy) is 2. The number of nitrogens with two attached hydrogens (primary N) is 1. The van der Waals surface area contributed by atoms with Crippen LogP contribution in [0.5, 0.6) is 0 Å². The second-order valence-corrected chi connectivity index (χ2v) is 19.7. The van der Waals surface area contributed by atoms with Crippen LogP contribution in [0, 0.1) is 0 Å². The topological polar surface area (TPSA) is 268 Å². The van der Waals surface area contributed by atoms with Gasteiger partial charge in [-0.2, -0.15) is 0 Å². The van der Waals surface area contributed by atoms with Gasteiger partial charge in [0, 0.05) is 12.8 Å². The molecule has 7 N–H and O–H groups in total. The van der Waals surface area contributed by atoms with Crippen molar-refractivity contribution >= 4 is 33.6 Å². The van der Waals surface area contributed by atoms with E-state index in [1.54, 1.807) is 0 Å². The summed E-state index contributed by atoms with van der Waals surface area (Å²) < 4.78 is 53.6. The van der Waals surface area contributed by atoms with Crippen molar-refractivity contribution < 1.29 is 80.7 Å². The fourth-order valence-corrected chi connectivity index (χ4v) is 7.17. The molecule has 0 aromatic heterocycles. The van der Waals surface area contributed by atoms with Gasteiger partial charge in [0.15, 0.2) is 6.10 Å². The molecule has 0 aliphatic heterocycles. The first-order chi connectivity index (χ1) is 29.3. The van der Waals surface area contributed by atoms with Gasteiger partial charge in [-0.1, -0.05) is 142 Å². The van der Waals surface area contributed by atoms with Crippen LogP contribution >= 0.6 is 15.6 Å². The fourth-order valence-electron chi connectivity index (χ4n) is 5.65. The third-order valence-corrected chi connectivity index (χ3v) is 11.4. The standard InChI is InChI=1S/C36H72NO8P.C6H14NO8P/c1-6-8-10-12-14-16-18-20-22-24-26-28-35(38)42-32-34(33-44-46(40,41)43-31-30-37(3,4)5)45-36(39)29-27-25-23-21-19-17-15-13-11-9-7-2;7-5(6(10)11)3-15-16(12,13)14-2-4(9)1-8/h34H,6-33H2,1-5H3;4-5,8-9H,1-3,7H2,(H,10,11)(H,12,13)/p+1. The van der Waals surface area contributed by atoms with Crippen LogP contribution in [-0.4, -0.2) is 133 Å². The SMILES string of the molecule is CCCCCCCCCCCCCC(=O)OCC(COP(=O)(O)OCC[N+](C)(C)C)OC(=O)CCCCCCCCCCCCC.NC(COP(=O)(O)OCC(O)CO)C(=O)O. The van der Waals surface area contributed by atoms with Crippen molar-refractivity contribution in [2.75, 3.05) is 67.3 Å². The van der Waals surface area contributed by atoms with Crippen LogP contribution in [0.4, 0.5) is 0 Å². The normalized spacial score (nSPS) is 15.1. The van der Waals surface area contributed by atoms with Crippen LogP contribution in [0.2, 0.25) is 0 Å². The number of carboxylic acids is 1. The largest absolute Gasteiger partial charge is 0.480 e. The average Bonchev–Trinajstić information content (AvgIpc) is 3.20. The lowest BCUT2D eigenvalue weighted by atomic mass is 10.1. The lowest BCUT2D eigenvalue weighted by Crippen LogP contribution is -2.37. The van der Waals surface area contributed by atoms with Gasteiger partial charge in [-0.15, -0.1) is 0 Å². The molecule has 0 aliphatic carbocycles. The van der Waals surface area contributed by atoms with E-state index < -0.39 is 72.3 Å². The van der Waals surface area contributed by atoms with Gasteiger partial charge in [0.25, 0.3) is 0 Å². The lowest BCUT2D eigenvalue weighted by molar-refractivity contribution is -0.870. The monoisotopic (exact) mass is 938 g/mol. The number of rotatable bonds is 42. The molecular formula is C42H87N2O16P2+. The molecule has 62 heavy (non-hydrogen) atoms. The van der Waals surface area contributed by atoms with Crippen molar-refractivity contribution in [2.24, 2.45) is 5.73 Å². The highest BCUT2D eigenvalue weighted by Crippen LogP contribution is 2.44. The van der Waals surface area contributed by atoms with Gasteiger partial charge in [-0.3, -0.25) is 32.5 Å². The smallest absolute Gasteiger partial charge is 0.472 e. The molecule has 0 amide bonds. The molecule has 0 aromatic rings. The Bertz CT molecular complexity index is 1210. The number of aliphatic carboxylic acids is 1. The van der Waals surface area contributed by atoms with E-state index in [1.807, 2.05) is 21.1 Å². The molecule has 0 saturated heterocycles. The number of carboxylic acid groups (broad SMARTS) is 1. The van der Waals surface area contributed by atoms with E-state index in [-0.39, 0.29) is 25.6 Å². The van der Waals surface area contributed by atoms with Gasteiger partial charge in [-0.25, -0.2) is 9.13 Å². The van der Waals surface area contributed by atoms with E-state index in [1.165, 1.54) is 103 Å². The molecule has 0 aromatic carbocycles. The molecule has 5 atom stereocenters. The summed E-state index contributed by atoms with van der Waals surface area (Å²) in [7, 11) is -2.98. The van der Waals surface area contributed by atoms with E-state index in [4.69, 9.17) is 44.5 Å². The van der Waals surface area contributed by atoms with Crippen LogP contribution in [0.3, 0.4) is 0 Å². The number of hydrogen-bond donors (Lipinski definition) is 6. The average molecular weight is 938 g/mol. The first-order valence-corrected chi connectivity index (χ1v) is 25.9. The first kappa shape index (κ1) is 62.6. The molecule has 0 saturated carbocycles. The Balaban J connectivity index is 0. The van der Waals surface area contributed by atoms with Crippen molar-refractivity contribution in [3.63, 3.8) is 0 Å². The Morgan fingerprint density at radius 2 is 0.968 bits per heavy atom. The Labute approximate surface area is 372 Å². The molecule has 370 valence electrons. The van der Waals surface area contributed by atoms with Gasteiger partial charge in [0.2, 0.25) is 0 Å².